The smallest absolute Gasteiger partial charge is 0.251 e. The van der Waals surface area contributed by atoms with Crippen LogP contribution < -0.4 is 5.32 Å². The molecule has 138 valence electrons. The van der Waals surface area contributed by atoms with E-state index < -0.39 is 0 Å². The molecular weight excluding hydrogens is 330 g/mol. The third-order valence-corrected chi connectivity index (χ3v) is 5.40. The average molecular weight is 355 g/mol. The molecule has 2 aromatic heterocycles. The number of hydrogen-bond acceptors (Lipinski definition) is 5. The first-order chi connectivity index (χ1) is 12.7. The van der Waals surface area contributed by atoms with Crippen LogP contribution in [0.5, 0.6) is 0 Å². The molecule has 0 saturated carbocycles. The van der Waals surface area contributed by atoms with Crippen LogP contribution in [-0.4, -0.2) is 57.9 Å². The molecule has 4 heterocycles. The molecule has 0 unspecified atom stereocenters. The second-order valence-corrected chi connectivity index (χ2v) is 7.14. The summed E-state index contributed by atoms with van der Waals surface area (Å²) in [6.07, 6.45) is 7.61. The Morgan fingerprint density at radius 3 is 2.96 bits per heavy atom. The number of carbonyl (C=O) groups excluding carboxylic acids is 1. The summed E-state index contributed by atoms with van der Waals surface area (Å²) in [5.74, 6) is 0.806. The number of nitrogens with zero attached hydrogens (tertiary/aromatic N) is 4. The van der Waals surface area contributed by atoms with Crippen LogP contribution in [0.4, 0.5) is 0 Å². The summed E-state index contributed by atoms with van der Waals surface area (Å²) < 4.78 is 7.96. The summed E-state index contributed by atoms with van der Waals surface area (Å²) in [4.78, 5) is 18.6. The number of nitrogens with one attached hydrogen (secondary N) is 1. The lowest BCUT2D eigenvalue weighted by Crippen LogP contribution is -2.34. The van der Waals surface area contributed by atoms with Crippen molar-refractivity contribution in [2.75, 3.05) is 26.2 Å². The largest absolute Gasteiger partial charge is 0.376 e. The van der Waals surface area contributed by atoms with E-state index in [0.29, 0.717) is 23.9 Å². The fourth-order valence-corrected chi connectivity index (χ4v) is 3.97. The molecule has 2 aliphatic heterocycles. The van der Waals surface area contributed by atoms with Crippen molar-refractivity contribution < 1.29 is 9.53 Å². The topological polar surface area (TPSA) is 72.3 Å². The van der Waals surface area contributed by atoms with Crippen LogP contribution in [0.15, 0.2) is 36.9 Å². The highest BCUT2D eigenvalue weighted by Gasteiger charge is 2.43. The van der Waals surface area contributed by atoms with E-state index in [1.165, 1.54) is 5.56 Å². The molecule has 2 aliphatic rings. The molecule has 1 N–H and O–H groups in total. The Morgan fingerprint density at radius 1 is 1.35 bits per heavy atom. The highest BCUT2D eigenvalue weighted by molar-refractivity contribution is 5.93. The SMILES string of the molecule is CCn1cc(CN2C[C@@H]3[C@@H](CNC(=O)c4ccncc4)CO[C@@H]3C2)cn1. The normalized spacial score (nSPS) is 25.3. The fraction of sp³-hybridized carbons (Fsp3) is 0.526. The Kier molecular flexibility index (Phi) is 4.99. The number of fused-ring (bicyclic) bond motifs is 1. The third kappa shape index (κ3) is 3.64. The molecule has 26 heavy (non-hydrogen) atoms. The summed E-state index contributed by atoms with van der Waals surface area (Å²) in [6, 6.07) is 3.47. The lowest BCUT2D eigenvalue weighted by atomic mass is 9.93. The average Bonchev–Trinajstić information content (AvgIpc) is 3.37. The number of hydrogen-bond donors (Lipinski definition) is 1. The second-order valence-electron chi connectivity index (χ2n) is 7.14. The van der Waals surface area contributed by atoms with Crippen molar-refractivity contribution in [3.05, 3.63) is 48.0 Å². The number of rotatable bonds is 6. The number of aryl methyl sites for hydroxylation is 1. The molecule has 0 aromatic carbocycles. The lowest BCUT2D eigenvalue weighted by Gasteiger charge is -2.19. The molecule has 0 bridgehead atoms. The van der Waals surface area contributed by atoms with Gasteiger partial charge in [0.1, 0.15) is 0 Å². The van der Waals surface area contributed by atoms with Crippen molar-refractivity contribution in [1.29, 1.82) is 0 Å². The highest BCUT2D eigenvalue weighted by Crippen LogP contribution is 2.34. The van der Waals surface area contributed by atoms with Gasteiger partial charge in [-0.1, -0.05) is 0 Å². The van der Waals surface area contributed by atoms with Gasteiger partial charge in [0.05, 0.1) is 18.9 Å². The van der Waals surface area contributed by atoms with E-state index in [0.717, 1.165) is 32.8 Å². The van der Waals surface area contributed by atoms with E-state index in [1.54, 1.807) is 24.5 Å². The van der Waals surface area contributed by atoms with Gasteiger partial charge in [0, 0.05) is 74.3 Å². The van der Waals surface area contributed by atoms with Crippen molar-refractivity contribution >= 4 is 5.91 Å². The monoisotopic (exact) mass is 355 g/mol. The van der Waals surface area contributed by atoms with Gasteiger partial charge in [0.15, 0.2) is 0 Å². The van der Waals surface area contributed by atoms with Gasteiger partial charge in [-0.3, -0.25) is 19.4 Å². The number of aromatic nitrogens is 3. The van der Waals surface area contributed by atoms with Crippen LogP contribution in [0.25, 0.3) is 0 Å². The van der Waals surface area contributed by atoms with E-state index >= 15 is 0 Å². The van der Waals surface area contributed by atoms with Gasteiger partial charge in [-0.05, 0) is 19.1 Å². The van der Waals surface area contributed by atoms with Crippen molar-refractivity contribution in [2.45, 2.75) is 26.1 Å². The Labute approximate surface area is 153 Å². The van der Waals surface area contributed by atoms with Crippen LogP contribution in [0.3, 0.4) is 0 Å². The zero-order valence-electron chi connectivity index (χ0n) is 15.0. The molecule has 4 rings (SSSR count). The van der Waals surface area contributed by atoms with Crippen molar-refractivity contribution in [3.63, 3.8) is 0 Å². The lowest BCUT2D eigenvalue weighted by molar-refractivity contribution is 0.0903. The maximum absolute atomic E-state index is 12.2. The quantitative estimate of drug-likeness (QED) is 0.842. The van der Waals surface area contributed by atoms with E-state index in [4.69, 9.17) is 4.74 Å². The molecule has 2 saturated heterocycles. The maximum atomic E-state index is 12.2. The van der Waals surface area contributed by atoms with E-state index in [-0.39, 0.29) is 12.0 Å². The molecule has 7 heteroatoms. The van der Waals surface area contributed by atoms with Gasteiger partial charge in [0.2, 0.25) is 0 Å². The van der Waals surface area contributed by atoms with Gasteiger partial charge in [0.25, 0.3) is 5.91 Å². The van der Waals surface area contributed by atoms with Crippen LogP contribution in [-0.2, 0) is 17.8 Å². The Morgan fingerprint density at radius 2 is 2.19 bits per heavy atom. The number of likely N-dealkylation sites (tertiary alicyclic amines) is 1. The van der Waals surface area contributed by atoms with Gasteiger partial charge in [-0.2, -0.15) is 5.10 Å². The van der Waals surface area contributed by atoms with Crippen LogP contribution >= 0.6 is 0 Å². The number of pyridine rings is 1. The van der Waals surface area contributed by atoms with Gasteiger partial charge in [-0.25, -0.2) is 0 Å². The summed E-state index contributed by atoms with van der Waals surface area (Å²) in [5.41, 5.74) is 1.89. The third-order valence-electron chi connectivity index (χ3n) is 5.40. The van der Waals surface area contributed by atoms with Crippen LogP contribution in [0, 0.1) is 11.8 Å². The second kappa shape index (κ2) is 7.55. The Balaban J connectivity index is 1.29. The highest BCUT2D eigenvalue weighted by atomic mass is 16.5. The number of ether oxygens (including phenoxy) is 1. The van der Waals surface area contributed by atoms with Crippen LogP contribution in [0.2, 0.25) is 0 Å². The standard InChI is InChI=1S/C19H25N5O2/c1-2-24-10-14(7-22-24)9-23-11-17-16(13-26-18(17)12-23)8-21-19(25)15-3-5-20-6-4-15/h3-7,10,16-18H,2,8-9,11-13H2,1H3,(H,21,25)/t16-,17+,18+/m0/s1. The molecular formula is C19H25N5O2. The predicted molar refractivity (Wildman–Crippen MR) is 96.5 cm³/mol. The summed E-state index contributed by atoms with van der Waals surface area (Å²) >= 11 is 0. The van der Waals surface area contributed by atoms with Gasteiger partial charge >= 0.3 is 0 Å². The van der Waals surface area contributed by atoms with Gasteiger partial charge in [-0.15, -0.1) is 0 Å². The number of carbonyl (C=O) groups is 1. The Hall–Kier alpha value is -2.25. The molecule has 2 fully saturated rings. The first-order valence-electron chi connectivity index (χ1n) is 9.26. The van der Waals surface area contributed by atoms with E-state index in [2.05, 4.69) is 33.4 Å². The first-order valence-corrected chi connectivity index (χ1v) is 9.26. The zero-order chi connectivity index (χ0) is 17.9. The van der Waals surface area contributed by atoms with Crippen molar-refractivity contribution in [1.82, 2.24) is 25.0 Å². The molecule has 1 amide bonds. The zero-order valence-corrected chi connectivity index (χ0v) is 15.0. The number of amides is 1. The van der Waals surface area contributed by atoms with Crippen molar-refractivity contribution in [3.8, 4) is 0 Å². The fourth-order valence-electron chi connectivity index (χ4n) is 3.97. The molecule has 7 nitrogen and oxygen atoms in total. The molecule has 0 spiro atoms. The summed E-state index contributed by atoms with van der Waals surface area (Å²) in [5, 5.41) is 7.40. The predicted octanol–water partition coefficient (Wildman–Crippen LogP) is 1.17. The van der Waals surface area contributed by atoms with Gasteiger partial charge < -0.3 is 10.1 Å². The minimum atomic E-state index is -0.0438. The first kappa shape index (κ1) is 17.2. The van der Waals surface area contributed by atoms with E-state index in [9.17, 15) is 4.79 Å². The van der Waals surface area contributed by atoms with Crippen LogP contribution in [0.1, 0.15) is 22.8 Å². The minimum Gasteiger partial charge on any atom is -0.376 e. The van der Waals surface area contributed by atoms with E-state index in [1.807, 2.05) is 10.9 Å². The molecule has 2 aromatic rings. The van der Waals surface area contributed by atoms with Crippen molar-refractivity contribution in [2.24, 2.45) is 11.8 Å². The minimum absolute atomic E-state index is 0.0438. The molecule has 0 radical (unpaired) electrons. The molecule has 3 atom stereocenters. The Bertz CT molecular complexity index is 747. The summed E-state index contributed by atoms with van der Waals surface area (Å²) in [6.45, 7) is 7.25. The summed E-state index contributed by atoms with van der Waals surface area (Å²) in [7, 11) is 0. The molecule has 0 aliphatic carbocycles. The maximum Gasteiger partial charge on any atom is 0.251 e.